The summed E-state index contributed by atoms with van der Waals surface area (Å²) in [7, 11) is -3.88. The Morgan fingerprint density at radius 2 is 1.92 bits per heavy atom. The van der Waals surface area contributed by atoms with E-state index >= 15 is 0 Å². The number of hydrogen-bond acceptors (Lipinski definition) is 5. The molecule has 7 nitrogen and oxygen atoms in total. The number of carbonyl (C=O) groups is 2. The van der Waals surface area contributed by atoms with Crippen LogP contribution in [0.25, 0.3) is 6.08 Å². The molecule has 0 spiro atoms. The summed E-state index contributed by atoms with van der Waals surface area (Å²) in [5.41, 5.74) is 0.701. The minimum atomic E-state index is -3.88. The van der Waals surface area contributed by atoms with Crippen molar-refractivity contribution < 1.29 is 22.7 Å². The zero-order valence-electron chi connectivity index (χ0n) is 14.6. The molecule has 1 aromatic carbocycles. The second kappa shape index (κ2) is 10.4. The number of hydrogen-bond donors (Lipinski definition) is 2. The van der Waals surface area contributed by atoms with Gasteiger partial charge in [0.25, 0.3) is 5.91 Å². The van der Waals surface area contributed by atoms with E-state index in [-0.39, 0.29) is 12.5 Å². The molecule has 1 unspecified atom stereocenters. The Balaban J connectivity index is 2.71. The predicted molar refractivity (Wildman–Crippen MR) is 99.0 cm³/mol. The van der Waals surface area contributed by atoms with E-state index in [0.29, 0.717) is 5.56 Å². The van der Waals surface area contributed by atoms with E-state index < -0.39 is 34.5 Å². The fourth-order valence-electron chi connectivity index (χ4n) is 1.83. The first kappa shape index (κ1) is 21.4. The molecule has 0 aromatic heterocycles. The molecule has 1 aromatic rings. The molecule has 140 valence electrons. The summed E-state index contributed by atoms with van der Waals surface area (Å²) in [6.07, 6.45) is 6.42. The van der Waals surface area contributed by atoms with Crippen molar-refractivity contribution in [2.24, 2.45) is 5.92 Å². The van der Waals surface area contributed by atoms with Gasteiger partial charge in [-0.25, -0.2) is 8.42 Å². The average Bonchev–Trinajstić information content (AvgIpc) is 2.61. The van der Waals surface area contributed by atoms with E-state index in [1.54, 1.807) is 38.1 Å². The molecule has 0 saturated carbocycles. The lowest BCUT2D eigenvalue weighted by Gasteiger charge is -2.19. The molecule has 1 amide bonds. The van der Waals surface area contributed by atoms with Crippen molar-refractivity contribution in [3.05, 3.63) is 41.3 Å². The number of sulfonamides is 1. The minimum Gasteiger partial charge on any atom is -0.454 e. The van der Waals surface area contributed by atoms with Gasteiger partial charge in [-0.15, -0.1) is 6.42 Å². The van der Waals surface area contributed by atoms with Crippen LogP contribution in [0.4, 0.5) is 0 Å². The summed E-state index contributed by atoms with van der Waals surface area (Å²) in [5.74, 6) is 0.431. The fraction of sp³-hybridized carbons (Fsp3) is 0.333. The largest absolute Gasteiger partial charge is 0.454 e. The summed E-state index contributed by atoms with van der Waals surface area (Å²) in [4.78, 5) is 23.5. The highest BCUT2D eigenvalue weighted by Gasteiger charge is 2.28. The maximum atomic E-state index is 12.2. The van der Waals surface area contributed by atoms with E-state index in [0.717, 1.165) is 5.41 Å². The van der Waals surface area contributed by atoms with Crippen molar-refractivity contribution in [2.45, 2.75) is 19.9 Å². The van der Waals surface area contributed by atoms with Crippen LogP contribution in [-0.2, 0) is 24.3 Å². The molecule has 0 aliphatic heterocycles. The number of amides is 1. The van der Waals surface area contributed by atoms with Gasteiger partial charge in [0.2, 0.25) is 10.0 Å². The van der Waals surface area contributed by atoms with Crippen molar-refractivity contribution in [1.82, 2.24) is 10.0 Å². The summed E-state index contributed by atoms with van der Waals surface area (Å²) in [6.45, 7) is 2.80. The average molecular weight is 378 g/mol. The van der Waals surface area contributed by atoms with Crippen LogP contribution in [0.15, 0.2) is 35.7 Å². The third-order valence-corrected chi connectivity index (χ3v) is 4.26. The van der Waals surface area contributed by atoms with Crippen molar-refractivity contribution in [3.63, 3.8) is 0 Å². The maximum absolute atomic E-state index is 12.2. The molecule has 26 heavy (non-hydrogen) atoms. The quantitative estimate of drug-likeness (QED) is 0.491. The van der Waals surface area contributed by atoms with Crippen LogP contribution in [0, 0.1) is 18.3 Å². The molecule has 0 fully saturated rings. The lowest BCUT2D eigenvalue weighted by Crippen LogP contribution is -2.45. The van der Waals surface area contributed by atoms with Gasteiger partial charge in [-0.2, -0.15) is 4.72 Å². The number of esters is 1. The Bertz CT molecular complexity index is 780. The van der Waals surface area contributed by atoms with Crippen molar-refractivity contribution in [1.29, 1.82) is 0 Å². The van der Waals surface area contributed by atoms with Gasteiger partial charge in [-0.3, -0.25) is 9.59 Å². The van der Waals surface area contributed by atoms with Crippen LogP contribution in [0.3, 0.4) is 0 Å². The van der Waals surface area contributed by atoms with Gasteiger partial charge in [0, 0.05) is 5.41 Å². The molecule has 0 radical (unpaired) electrons. The third kappa shape index (κ3) is 7.96. The number of rotatable bonds is 9. The van der Waals surface area contributed by atoms with Gasteiger partial charge in [0.05, 0.1) is 6.54 Å². The van der Waals surface area contributed by atoms with Gasteiger partial charge in [0.1, 0.15) is 6.04 Å². The van der Waals surface area contributed by atoms with Gasteiger partial charge in [0.15, 0.2) is 6.61 Å². The molecule has 0 bridgehead atoms. The second-order valence-electron chi connectivity index (χ2n) is 5.69. The predicted octanol–water partition coefficient (Wildman–Crippen LogP) is 0.894. The Hall–Kier alpha value is -2.63. The molecule has 8 heteroatoms. The maximum Gasteiger partial charge on any atom is 0.324 e. The Morgan fingerprint density at radius 3 is 2.50 bits per heavy atom. The Morgan fingerprint density at radius 1 is 1.27 bits per heavy atom. The first-order valence-corrected chi connectivity index (χ1v) is 9.42. The molecule has 0 saturated heterocycles. The highest BCUT2D eigenvalue weighted by molar-refractivity contribution is 7.92. The molecule has 0 heterocycles. The topological polar surface area (TPSA) is 102 Å². The standard InChI is InChI=1S/C18H22N2O5S/c1-4-11-19-16(21)13-25-18(22)17(14(2)3)20-26(23,24)12-10-15-8-6-5-7-9-15/h1,5-10,12,14,17,20H,11,13H2,2-3H3,(H,19,21). The van der Waals surface area contributed by atoms with Gasteiger partial charge >= 0.3 is 5.97 Å². The van der Waals surface area contributed by atoms with Crippen LogP contribution in [0.5, 0.6) is 0 Å². The molecular formula is C18H22N2O5S. The van der Waals surface area contributed by atoms with Crippen LogP contribution in [0.1, 0.15) is 19.4 Å². The SMILES string of the molecule is C#CCNC(=O)COC(=O)C(NS(=O)(=O)C=Cc1ccccc1)C(C)C. The number of terminal acetylenes is 1. The fourth-order valence-corrected chi connectivity index (χ4v) is 2.97. The first-order chi connectivity index (χ1) is 12.2. The Kier molecular flexibility index (Phi) is 8.55. The van der Waals surface area contributed by atoms with Crippen molar-refractivity contribution >= 4 is 28.0 Å². The van der Waals surface area contributed by atoms with Crippen LogP contribution >= 0.6 is 0 Å². The highest BCUT2D eigenvalue weighted by Crippen LogP contribution is 2.08. The van der Waals surface area contributed by atoms with E-state index in [1.165, 1.54) is 6.08 Å². The second-order valence-corrected chi connectivity index (χ2v) is 7.28. The molecule has 1 rings (SSSR count). The van der Waals surface area contributed by atoms with Gasteiger partial charge < -0.3 is 10.1 Å². The van der Waals surface area contributed by atoms with E-state index in [1.807, 2.05) is 6.07 Å². The van der Waals surface area contributed by atoms with E-state index in [9.17, 15) is 18.0 Å². The summed E-state index contributed by atoms with van der Waals surface area (Å²) >= 11 is 0. The van der Waals surface area contributed by atoms with E-state index in [4.69, 9.17) is 11.2 Å². The van der Waals surface area contributed by atoms with Crippen molar-refractivity contribution in [3.8, 4) is 12.3 Å². The highest BCUT2D eigenvalue weighted by atomic mass is 32.2. The normalized spacial score (nSPS) is 12.5. The van der Waals surface area contributed by atoms with Gasteiger partial charge in [-0.1, -0.05) is 50.1 Å². The zero-order chi connectivity index (χ0) is 19.6. The minimum absolute atomic E-state index is 0.0148. The Labute approximate surface area is 153 Å². The van der Waals surface area contributed by atoms with Crippen LogP contribution < -0.4 is 10.0 Å². The zero-order valence-corrected chi connectivity index (χ0v) is 15.5. The molecule has 1 atom stereocenters. The number of nitrogens with one attached hydrogen (secondary N) is 2. The number of ether oxygens (including phenoxy) is 1. The molecule has 0 aliphatic carbocycles. The summed E-state index contributed by atoms with van der Waals surface area (Å²) in [6, 6.07) is 7.73. The van der Waals surface area contributed by atoms with E-state index in [2.05, 4.69) is 16.0 Å². The summed E-state index contributed by atoms with van der Waals surface area (Å²) in [5, 5.41) is 3.32. The van der Waals surface area contributed by atoms with Crippen LogP contribution in [-0.4, -0.2) is 39.5 Å². The lowest BCUT2D eigenvalue weighted by atomic mass is 10.1. The number of benzene rings is 1. The monoisotopic (exact) mass is 378 g/mol. The first-order valence-electron chi connectivity index (χ1n) is 7.87. The summed E-state index contributed by atoms with van der Waals surface area (Å²) < 4.78 is 31.5. The molecule has 0 aliphatic rings. The smallest absolute Gasteiger partial charge is 0.324 e. The third-order valence-electron chi connectivity index (χ3n) is 3.18. The van der Waals surface area contributed by atoms with Crippen molar-refractivity contribution in [2.75, 3.05) is 13.2 Å². The number of carbonyl (C=O) groups excluding carboxylic acids is 2. The van der Waals surface area contributed by atoms with Crippen LogP contribution in [0.2, 0.25) is 0 Å². The molecule has 2 N–H and O–H groups in total. The molecular weight excluding hydrogens is 356 g/mol. The van der Waals surface area contributed by atoms with Gasteiger partial charge in [-0.05, 0) is 17.6 Å². The lowest BCUT2D eigenvalue weighted by molar-refractivity contribution is -0.151.